The number of piperazine rings is 1. The Bertz CT molecular complexity index is 1110. The maximum Gasteiger partial charge on any atom is 0.242 e. The minimum absolute atomic E-state index is 0. The van der Waals surface area contributed by atoms with Gasteiger partial charge in [0.15, 0.2) is 5.84 Å². The standard InChI is InChI=1S/C18H29N11O3S2.H2S/c1-29(33-32-22)17-14(34(30,31)26-10-12-9-23-6-7-24-12)4-3-13(16(17)18(20)27-28-21)11-2-5-15(19)25-8-11;/h2-5,8,12,23-24,26,28H,6-7,9-10,21-22H2,1H3,(H2,19,25)(H2,20,27);1H2. The maximum absolute atomic E-state index is 13.4. The fourth-order valence-electron chi connectivity index (χ4n) is 3.54. The highest BCUT2D eigenvalue weighted by Crippen LogP contribution is 2.38. The van der Waals surface area contributed by atoms with Gasteiger partial charge in [0.1, 0.15) is 22.9 Å². The molecule has 3 rings (SSSR count). The topological polar surface area (TPSA) is 224 Å². The zero-order valence-corrected chi connectivity index (χ0v) is 21.6. The molecule has 1 aliphatic rings. The van der Waals surface area contributed by atoms with Gasteiger partial charge in [-0.05, 0) is 23.8 Å². The summed E-state index contributed by atoms with van der Waals surface area (Å²) in [4.78, 5) is 4.06. The number of hydrogen-bond donors (Lipinski definition) is 8. The number of pyridine rings is 1. The molecule has 1 unspecified atom stereocenters. The highest BCUT2D eigenvalue weighted by molar-refractivity contribution is 7.96. The summed E-state index contributed by atoms with van der Waals surface area (Å²) < 4.78 is 35.6. The van der Waals surface area contributed by atoms with Crippen molar-refractivity contribution < 1.29 is 12.7 Å². The number of amidine groups is 1. The monoisotopic (exact) mass is 545 g/mol. The first-order chi connectivity index (χ1) is 16.3. The van der Waals surface area contributed by atoms with E-state index in [-0.39, 0.29) is 48.1 Å². The lowest BCUT2D eigenvalue weighted by molar-refractivity contribution is 0.397. The van der Waals surface area contributed by atoms with Crippen LogP contribution >= 0.6 is 25.7 Å². The van der Waals surface area contributed by atoms with Crippen molar-refractivity contribution in [1.29, 1.82) is 0 Å². The third kappa shape index (κ3) is 7.09. The van der Waals surface area contributed by atoms with Crippen LogP contribution in [-0.4, -0.2) is 58.5 Å². The molecule has 17 heteroatoms. The van der Waals surface area contributed by atoms with Crippen molar-refractivity contribution in [2.24, 2.45) is 22.6 Å². The second-order valence-corrected chi connectivity index (χ2v) is 9.93. The molecule has 1 atom stereocenters. The number of anilines is 2. The van der Waals surface area contributed by atoms with Crippen LogP contribution in [0, 0.1) is 0 Å². The van der Waals surface area contributed by atoms with E-state index in [4.69, 9.17) is 27.5 Å². The number of sulfonamides is 1. The summed E-state index contributed by atoms with van der Waals surface area (Å²) in [6, 6.07) is 6.37. The Balaban J connectivity index is 0.00000432. The van der Waals surface area contributed by atoms with Crippen molar-refractivity contribution in [3.63, 3.8) is 0 Å². The van der Waals surface area contributed by atoms with Crippen LogP contribution in [0.2, 0.25) is 0 Å². The molecule has 0 amide bonds. The molecule has 1 aromatic carbocycles. The van der Waals surface area contributed by atoms with Crippen LogP contribution in [0.25, 0.3) is 11.1 Å². The summed E-state index contributed by atoms with van der Waals surface area (Å²) in [5, 5.41) is 10.4. The molecule has 0 saturated carbocycles. The van der Waals surface area contributed by atoms with E-state index in [1.165, 1.54) is 10.4 Å². The van der Waals surface area contributed by atoms with Crippen LogP contribution in [0.3, 0.4) is 0 Å². The predicted molar refractivity (Wildman–Crippen MR) is 144 cm³/mol. The summed E-state index contributed by atoms with van der Waals surface area (Å²) in [5.41, 5.74) is 15.7. The van der Waals surface area contributed by atoms with Gasteiger partial charge >= 0.3 is 0 Å². The van der Waals surface area contributed by atoms with E-state index < -0.39 is 10.0 Å². The maximum atomic E-state index is 13.4. The van der Waals surface area contributed by atoms with Crippen LogP contribution in [0.1, 0.15) is 5.56 Å². The van der Waals surface area contributed by atoms with Crippen molar-refractivity contribution >= 4 is 53.1 Å². The van der Waals surface area contributed by atoms with Gasteiger partial charge < -0.3 is 22.1 Å². The van der Waals surface area contributed by atoms with E-state index in [0.29, 0.717) is 35.7 Å². The first-order valence-electron chi connectivity index (χ1n) is 10.2. The van der Waals surface area contributed by atoms with Gasteiger partial charge in [-0.1, -0.05) is 6.07 Å². The van der Waals surface area contributed by atoms with Crippen molar-refractivity contribution in [3.05, 3.63) is 36.0 Å². The van der Waals surface area contributed by atoms with E-state index in [0.717, 1.165) is 13.1 Å². The number of nitrogens with two attached hydrogens (primary N) is 4. The Morgan fingerprint density at radius 3 is 2.71 bits per heavy atom. The molecular weight excluding hydrogens is 514 g/mol. The highest BCUT2D eigenvalue weighted by atomic mass is 32.2. The van der Waals surface area contributed by atoms with Crippen LogP contribution in [0.15, 0.2) is 40.5 Å². The Kier molecular flexibility index (Phi) is 10.8. The van der Waals surface area contributed by atoms with E-state index in [1.54, 1.807) is 31.4 Å². The molecule has 0 radical (unpaired) electrons. The van der Waals surface area contributed by atoms with Crippen molar-refractivity contribution in [2.45, 2.75) is 10.9 Å². The molecule has 0 bridgehead atoms. The summed E-state index contributed by atoms with van der Waals surface area (Å²) in [6.07, 6.45) is 1.54. The van der Waals surface area contributed by atoms with Crippen LogP contribution in [-0.2, 0) is 14.3 Å². The smallest absolute Gasteiger partial charge is 0.242 e. The van der Waals surface area contributed by atoms with Crippen molar-refractivity contribution in [1.82, 2.24) is 25.9 Å². The minimum atomic E-state index is -4.00. The third-order valence-electron chi connectivity index (χ3n) is 5.08. The zero-order valence-electron chi connectivity index (χ0n) is 19.0. The number of hydrazine groups is 1. The molecule has 1 aliphatic heterocycles. The van der Waals surface area contributed by atoms with E-state index in [1.807, 2.05) is 0 Å². The Morgan fingerprint density at radius 2 is 2.11 bits per heavy atom. The number of nitrogen functional groups attached to an aromatic ring is 1. The molecule has 1 saturated heterocycles. The van der Waals surface area contributed by atoms with Gasteiger partial charge in [0.05, 0.1) is 11.3 Å². The van der Waals surface area contributed by atoms with Crippen LogP contribution in [0.5, 0.6) is 0 Å². The zero-order chi connectivity index (χ0) is 24.7. The first kappa shape index (κ1) is 28.9. The lowest BCUT2D eigenvalue weighted by Gasteiger charge is -2.26. The quantitative estimate of drug-likeness (QED) is 0.0415. The van der Waals surface area contributed by atoms with Gasteiger partial charge in [0.25, 0.3) is 0 Å². The summed E-state index contributed by atoms with van der Waals surface area (Å²) >= 11 is 0.715. The number of aromatic nitrogens is 1. The fourth-order valence-corrected chi connectivity index (χ4v) is 5.31. The van der Waals surface area contributed by atoms with Crippen LogP contribution < -0.4 is 48.4 Å². The molecule has 1 fully saturated rings. The molecular formula is C18H31N11O3S3. The number of nitrogens with zero attached hydrogens (tertiary/aromatic N) is 3. The molecule has 0 aliphatic carbocycles. The lowest BCUT2D eigenvalue weighted by Crippen LogP contribution is -2.53. The molecule has 12 N–H and O–H groups in total. The van der Waals surface area contributed by atoms with Gasteiger partial charge in [-0.25, -0.2) is 39.7 Å². The number of benzene rings is 1. The molecule has 1 aromatic heterocycles. The molecule has 2 heterocycles. The molecule has 194 valence electrons. The second kappa shape index (κ2) is 13.1. The normalized spacial score (nSPS) is 16.4. The number of nitrogens with one attached hydrogen (secondary N) is 4. The summed E-state index contributed by atoms with van der Waals surface area (Å²) in [6.45, 7) is 2.40. The average molecular weight is 546 g/mol. The van der Waals surface area contributed by atoms with Gasteiger partial charge in [0, 0.05) is 51.0 Å². The van der Waals surface area contributed by atoms with Gasteiger partial charge in [-0.3, -0.25) is 4.31 Å². The van der Waals surface area contributed by atoms with E-state index >= 15 is 0 Å². The van der Waals surface area contributed by atoms with Crippen molar-refractivity contribution in [3.8, 4) is 11.1 Å². The van der Waals surface area contributed by atoms with Crippen molar-refractivity contribution in [2.75, 3.05) is 43.3 Å². The highest BCUT2D eigenvalue weighted by Gasteiger charge is 2.29. The first-order valence-corrected chi connectivity index (χ1v) is 12.4. The van der Waals surface area contributed by atoms with Gasteiger partial charge in [0.2, 0.25) is 10.0 Å². The Morgan fingerprint density at radius 1 is 1.34 bits per heavy atom. The minimum Gasteiger partial charge on any atom is -0.384 e. The second-order valence-electron chi connectivity index (χ2n) is 7.31. The Labute approximate surface area is 215 Å². The number of hydrogen-bond acceptors (Lipinski definition) is 13. The average Bonchev–Trinajstić information content (AvgIpc) is 2.83. The number of hydrazone groups is 1. The molecule has 0 spiro atoms. The van der Waals surface area contributed by atoms with Gasteiger partial charge in [-0.2, -0.15) is 13.5 Å². The lowest BCUT2D eigenvalue weighted by atomic mass is 9.98. The fraction of sp³-hybridized carbons (Fsp3) is 0.333. The van der Waals surface area contributed by atoms with Crippen LogP contribution in [0.4, 0.5) is 11.5 Å². The van der Waals surface area contributed by atoms with Gasteiger partial charge in [-0.15, -0.1) is 5.10 Å². The third-order valence-corrected chi connectivity index (χ3v) is 7.03. The summed E-state index contributed by atoms with van der Waals surface area (Å²) in [5.74, 6) is 10.9. The van der Waals surface area contributed by atoms with E-state index in [2.05, 4.69) is 31.0 Å². The largest absolute Gasteiger partial charge is 0.384 e. The SMILES string of the molecule is CN(SON)c1c(S(=O)(=O)NCC2CNCCN2)ccc(-c2ccc(N)nc2)c1/C(N)=N/NN.S. The predicted octanol–water partition coefficient (Wildman–Crippen LogP) is -1.74. The Hall–Kier alpha value is -2.35. The summed E-state index contributed by atoms with van der Waals surface area (Å²) in [7, 11) is -2.42. The molecule has 35 heavy (non-hydrogen) atoms. The molecule has 14 nitrogen and oxygen atoms in total. The number of rotatable bonds is 10. The van der Waals surface area contributed by atoms with E-state index in [9.17, 15) is 8.42 Å². The molecule has 2 aromatic rings.